The Morgan fingerprint density at radius 2 is 2.00 bits per heavy atom. The van der Waals surface area contributed by atoms with Crippen molar-refractivity contribution in [1.29, 1.82) is 5.26 Å². The Bertz CT molecular complexity index is 418. The van der Waals surface area contributed by atoms with Crippen molar-refractivity contribution in [2.24, 2.45) is 0 Å². The van der Waals surface area contributed by atoms with Crippen LogP contribution in [-0.4, -0.2) is 63.8 Å². The fourth-order valence-electron chi connectivity index (χ4n) is 2.75. The second-order valence-corrected chi connectivity index (χ2v) is 5.42. The Morgan fingerprint density at radius 3 is 2.67 bits per heavy atom. The fourth-order valence-corrected chi connectivity index (χ4v) is 2.75. The molecule has 1 aliphatic carbocycles. The Labute approximate surface area is 123 Å². The molecule has 0 bridgehead atoms. The molecule has 0 spiro atoms. The number of nitrogens with zero attached hydrogens (tertiary/aromatic N) is 1. The van der Waals surface area contributed by atoms with Gasteiger partial charge in [-0.05, 0) is 24.8 Å². The second kappa shape index (κ2) is 7.31. The maximum absolute atomic E-state index is 9.94. The highest BCUT2D eigenvalue weighted by Crippen LogP contribution is 2.30. The van der Waals surface area contributed by atoms with Crippen LogP contribution >= 0.6 is 0 Å². The topological polar surface area (TPSA) is 123 Å². The molecular weight excluding hydrogens is 278 g/mol. The van der Waals surface area contributed by atoms with E-state index >= 15 is 0 Å². The minimum absolute atomic E-state index is 0.361. The van der Waals surface area contributed by atoms with Gasteiger partial charge in [-0.15, -0.1) is 0 Å². The van der Waals surface area contributed by atoms with Gasteiger partial charge in [0.15, 0.2) is 6.29 Å². The van der Waals surface area contributed by atoms with E-state index in [1.807, 2.05) is 6.07 Å². The Morgan fingerprint density at radius 1 is 1.24 bits per heavy atom. The fraction of sp³-hybridized carbons (Fsp3) is 0.786. The maximum atomic E-state index is 9.94. The van der Waals surface area contributed by atoms with Crippen molar-refractivity contribution in [3.05, 3.63) is 11.6 Å². The number of hydrogen-bond acceptors (Lipinski definition) is 7. The van der Waals surface area contributed by atoms with Gasteiger partial charge in [0.2, 0.25) is 0 Å². The number of hydrogen-bond donors (Lipinski definition) is 4. The van der Waals surface area contributed by atoms with Crippen LogP contribution in [0.3, 0.4) is 0 Å². The molecule has 2 rings (SSSR count). The van der Waals surface area contributed by atoms with Crippen LogP contribution in [0.1, 0.15) is 25.7 Å². The first-order valence-corrected chi connectivity index (χ1v) is 7.13. The monoisotopic (exact) mass is 299 g/mol. The second-order valence-electron chi connectivity index (χ2n) is 5.42. The standard InChI is InChI=1S/C14H21NO6/c15-6-5-8-3-1-2-4-9(8)20-14-13(19)12(18)11(17)10(7-16)21-14/h5,9-14,16-19H,1-4,7H2/t9?,10-,11-,12+,13-,14?/m1/s1. The summed E-state index contributed by atoms with van der Waals surface area (Å²) in [6.07, 6.45) is -1.96. The number of ether oxygens (including phenoxy) is 2. The Balaban J connectivity index is 2.06. The van der Waals surface area contributed by atoms with Crippen molar-refractivity contribution in [1.82, 2.24) is 0 Å². The summed E-state index contributed by atoms with van der Waals surface area (Å²) >= 11 is 0. The van der Waals surface area contributed by atoms with E-state index in [2.05, 4.69) is 0 Å². The quantitative estimate of drug-likeness (QED) is 0.503. The first kappa shape index (κ1) is 16.4. The number of aliphatic hydroxyl groups excluding tert-OH is 4. The highest BCUT2D eigenvalue weighted by atomic mass is 16.7. The molecule has 0 amide bonds. The summed E-state index contributed by atoms with van der Waals surface area (Å²) in [5, 5.41) is 47.3. The summed E-state index contributed by atoms with van der Waals surface area (Å²) in [4.78, 5) is 0. The van der Waals surface area contributed by atoms with Crippen LogP contribution in [-0.2, 0) is 9.47 Å². The summed E-state index contributed by atoms with van der Waals surface area (Å²) in [6, 6.07) is 1.98. The molecule has 0 aromatic rings. The van der Waals surface area contributed by atoms with Gasteiger partial charge in [0, 0.05) is 6.08 Å². The number of aliphatic hydroxyl groups is 4. The normalized spacial score (nSPS) is 42.7. The van der Waals surface area contributed by atoms with Gasteiger partial charge in [0.05, 0.1) is 18.8 Å². The summed E-state index contributed by atoms with van der Waals surface area (Å²) in [6.45, 7) is -0.490. The van der Waals surface area contributed by atoms with Crippen LogP contribution in [0, 0.1) is 11.3 Å². The highest BCUT2D eigenvalue weighted by molar-refractivity contribution is 5.19. The van der Waals surface area contributed by atoms with E-state index in [-0.39, 0.29) is 6.10 Å². The van der Waals surface area contributed by atoms with E-state index in [4.69, 9.17) is 19.8 Å². The van der Waals surface area contributed by atoms with Crippen LogP contribution in [0.25, 0.3) is 0 Å². The van der Waals surface area contributed by atoms with Gasteiger partial charge >= 0.3 is 0 Å². The zero-order valence-electron chi connectivity index (χ0n) is 11.6. The van der Waals surface area contributed by atoms with Gasteiger partial charge in [-0.3, -0.25) is 0 Å². The van der Waals surface area contributed by atoms with E-state index < -0.39 is 37.3 Å². The van der Waals surface area contributed by atoms with Crippen LogP contribution < -0.4 is 0 Å². The molecule has 21 heavy (non-hydrogen) atoms. The molecular formula is C14H21NO6. The molecule has 7 heteroatoms. The lowest BCUT2D eigenvalue weighted by atomic mass is 9.91. The summed E-state index contributed by atoms with van der Waals surface area (Å²) in [5.41, 5.74) is 0.834. The molecule has 1 saturated heterocycles. The van der Waals surface area contributed by atoms with Gasteiger partial charge in [-0.2, -0.15) is 5.26 Å². The van der Waals surface area contributed by atoms with Gasteiger partial charge in [-0.25, -0.2) is 0 Å². The molecule has 2 aliphatic rings. The minimum Gasteiger partial charge on any atom is -0.394 e. The lowest BCUT2D eigenvalue weighted by Crippen LogP contribution is -2.59. The molecule has 118 valence electrons. The Kier molecular flexibility index (Phi) is 5.70. The molecule has 2 unspecified atom stereocenters. The third-order valence-electron chi connectivity index (χ3n) is 3.99. The molecule has 0 aromatic carbocycles. The molecule has 7 nitrogen and oxygen atoms in total. The molecule has 0 radical (unpaired) electrons. The predicted octanol–water partition coefficient (Wildman–Crippen LogP) is -0.805. The number of rotatable bonds is 3. The van der Waals surface area contributed by atoms with Crippen molar-refractivity contribution in [2.75, 3.05) is 6.61 Å². The SMILES string of the molecule is N#CC=C1CCCCC1OC1O[C@H](CO)[C@@H](O)[C@H](O)[C@H]1O. The van der Waals surface area contributed by atoms with Gasteiger partial charge in [0.25, 0.3) is 0 Å². The number of nitriles is 1. The van der Waals surface area contributed by atoms with Crippen LogP contribution in [0.2, 0.25) is 0 Å². The van der Waals surface area contributed by atoms with Crippen LogP contribution in [0.15, 0.2) is 11.6 Å². The zero-order chi connectivity index (χ0) is 15.4. The molecule has 1 aliphatic heterocycles. The summed E-state index contributed by atoms with van der Waals surface area (Å²) in [7, 11) is 0. The first-order chi connectivity index (χ1) is 10.1. The lowest BCUT2D eigenvalue weighted by molar-refractivity contribution is -0.309. The predicted molar refractivity (Wildman–Crippen MR) is 70.8 cm³/mol. The van der Waals surface area contributed by atoms with Gasteiger partial charge in [-0.1, -0.05) is 6.42 Å². The van der Waals surface area contributed by atoms with E-state index in [0.29, 0.717) is 6.42 Å². The molecule has 4 N–H and O–H groups in total. The van der Waals surface area contributed by atoms with E-state index in [9.17, 15) is 15.3 Å². The third-order valence-corrected chi connectivity index (χ3v) is 3.99. The minimum atomic E-state index is -1.45. The third kappa shape index (κ3) is 3.61. The summed E-state index contributed by atoms with van der Waals surface area (Å²) in [5.74, 6) is 0. The van der Waals surface area contributed by atoms with Crippen molar-refractivity contribution in [3.8, 4) is 6.07 Å². The lowest BCUT2D eigenvalue weighted by Gasteiger charge is -2.41. The largest absolute Gasteiger partial charge is 0.394 e. The molecule has 6 atom stereocenters. The highest BCUT2D eigenvalue weighted by Gasteiger charge is 2.45. The molecule has 1 heterocycles. The van der Waals surface area contributed by atoms with Crippen LogP contribution in [0.5, 0.6) is 0 Å². The van der Waals surface area contributed by atoms with Crippen molar-refractivity contribution in [2.45, 2.75) is 62.5 Å². The van der Waals surface area contributed by atoms with Crippen molar-refractivity contribution in [3.63, 3.8) is 0 Å². The summed E-state index contributed by atoms with van der Waals surface area (Å²) < 4.78 is 11.0. The first-order valence-electron chi connectivity index (χ1n) is 7.13. The smallest absolute Gasteiger partial charge is 0.187 e. The maximum Gasteiger partial charge on any atom is 0.187 e. The molecule has 2 fully saturated rings. The Hall–Kier alpha value is -1.01. The average Bonchev–Trinajstić information content (AvgIpc) is 2.50. The van der Waals surface area contributed by atoms with E-state index in [1.54, 1.807) is 0 Å². The van der Waals surface area contributed by atoms with E-state index in [1.165, 1.54) is 6.08 Å². The molecule has 1 saturated carbocycles. The van der Waals surface area contributed by atoms with Gasteiger partial charge in [0.1, 0.15) is 24.4 Å². The average molecular weight is 299 g/mol. The molecule has 0 aromatic heterocycles. The number of allylic oxidation sites excluding steroid dienone is 1. The zero-order valence-corrected chi connectivity index (χ0v) is 11.6. The van der Waals surface area contributed by atoms with Crippen molar-refractivity contribution < 1.29 is 29.9 Å². The van der Waals surface area contributed by atoms with Gasteiger partial charge < -0.3 is 29.9 Å². The van der Waals surface area contributed by atoms with E-state index in [0.717, 1.165) is 24.8 Å². The van der Waals surface area contributed by atoms with Crippen LogP contribution in [0.4, 0.5) is 0 Å². The van der Waals surface area contributed by atoms with Crippen molar-refractivity contribution >= 4 is 0 Å².